The zero-order valence-corrected chi connectivity index (χ0v) is 9.69. The number of carbonyl (C=O) groups excluding carboxylic acids is 1. The molecule has 0 radical (unpaired) electrons. The van der Waals surface area contributed by atoms with E-state index in [1.54, 1.807) is 10.9 Å². The van der Waals surface area contributed by atoms with Crippen LogP contribution in [0.3, 0.4) is 0 Å². The summed E-state index contributed by atoms with van der Waals surface area (Å²) in [6.07, 6.45) is 4.59. The van der Waals surface area contributed by atoms with Crippen LogP contribution in [0.2, 0.25) is 5.02 Å². The Morgan fingerprint density at radius 1 is 1.56 bits per heavy atom. The van der Waals surface area contributed by atoms with Gasteiger partial charge in [-0.25, -0.2) is 4.98 Å². The van der Waals surface area contributed by atoms with E-state index in [4.69, 9.17) is 11.6 Å². The zero-order chi connectivity index (χ0) is 11.7. The van der Waals surface area contributed by atoms with Crippen molar-refractivity contribution in [1.82, 2.24) is 19.7 Å². The Balaban J connectivity index is 2.48. The molecule has 0 aliphatic heterocycles. The van der Waals surface area contributed by atoms with Gasteiger partial charge in [0.1, 0.15) is 5.69 Å². The average molecular weight is 239 g/mol. The molecule has 2 heterocycles. The van der Waals surface area contributed by atoms with E-state index >= 15 is 0 Å². The van der Waals surface area contributed by atoms with Crippen LogP contribution in [0.25, 0.3) is 0 Å². The van der Waals surface area contributed by atoms with Gasteiger partial charge in [0.25, 0.3) is 0 Å². The van der Waals surface area contributed by atoms with Crippen molar-refractivity contribution in [1.29, 1.82) is 0 Å². The van der Waals surface area contributed by atoms with Gasteiger partial charge in [-0.2, -0.15) is 5.10 Å². The van der Waals surface area contributed by atoms with E-state index in [0.717, 1.165) is 0 Å². The maximum absolute atomic E-state index is 12.1. The maximum atomic E-state index is 12.1. The van der Waals surface area contributed by atoms with Crippen LogP contribution in [0.5, 0.6) is 0 Å². The molecule has 0 fully saturated rings. The molecule has 0 spiro atoms. The monoisotopic (exact) mass is 238 g/mol. The lowest BCUT2D eigenvalue weighted by Crippen LogP contribution is -2.14. The summed E-state index contributed by atoms with van der Waals surface area (Å²) in [6, 6.07) is 0.0708. The highest BCUT2D eigenvalue weighted by Crippen LogP contribution is 2.20. The minimum absolute atomic E-state index is 0.0708. The molecule has 16 heavy (non-hydrogen) atoms. The quantitative estimate of drug-likeness (QED) is 0.833. The van der Waals surface area contributed by atoms with Crippen LogP contribution in [-0.4, -0.2) is 25.5 Å². The summed E-state index contributed by atoms with van der Waals surface area (Å²) < 4.78 is 1.59. The molecule has 6 heteroatoms. The van der Waals surface area contributed by atoms with Gasteiger partial charge in [0.2, 0.25) is 5.78 Å². The second-order valence-electron chi connectivity index (χ2n) is 3.65. The van der Waals surface area contributed by atoms with Crippen molar-refractivity contribution in [2.45, 2.75) is 19.9 Å². The second-order valence-corrected chi connectivity index (χ2v) is 4.05. The number of aromatic nitrogens is 4. The summed E-state index contributed by atoms with van der Waals surface area (Å²) in [7, 11) is 0. The molecule has 0 aromatic carbocycles. The molecule has 2 rings (SSSR count). The topological polar surface area (TPSA) is 63.6 Å². The number of imidazole rings is 1. The molecule has 0 aliphatic rings. The van der Waals surface area contributed by atoms with E-state index in [-0.39, 0.29) is 17.6 Å². The molecular weight excluding hydrogens is 228 g/mol. The lowest BCUT2D eigenvalue weighted by molar-refractivity contribution is 0.101. The lowest BCUT2D eigenvalue weighted by atomic mass is 10.2. The van der Waals surface area contributed by atoms with Gasteiger partial charge in [0.15, 0.2) is 5.82 Å². The molecule has 0 unspecified atom stereocenters. The molecule has 84 valence electrons. The molecule has 5 nitrogen and oxygen atoms in total. The Labute approximate surface area is 97.4 Å². The number of nitrogens with one attached hydrogen (secondary N) is 1. The molecule has 0 saturated heterocycles. The summed E-state index contributed by atoms with van der Waals surface area (Å²) in [6.45, 7) is 3.87. The maximum Gasteiger partial charge on any atom is 0.247 e. The number of halogens is 1. The first-order chi connectivity index (χ1) is 7.61. The Morgan fingerprint density at radius 3 is 2.88 bits per heavy atom. The van der Waals surface area contributed by atoms with Gasteiger partial charge >= 0.3 is 0 Å². The number of ketones is 1. The van der Waals surface area contributed by atoms with E-state index in [0.29, 0.717) is 10.7 Å². The molecule has 0 atom stereocenters. The Morgan fingerprint density at radius 2 is 2.31 bits per heavy atom. The molecular formula is C10H11ClN4O. The number of nitrogens with zero attached hydrogens (tertiary/aromatic N) is 3. The van der Waals surface area contributed by atoms with Crippen LogP contribution in [0.4, 0.5) is 0 Å². The van der Waals surface area contributed by atoms with Crippen LogP contribution in [0.1, 0.15) is 36.2 Å². The fourth-order valence-corrected chi connectivity index (χ4v) is 1.66. The van der Waals surface area contributed by atoms with Crippen molar-refractivity contribution < 1.29 is 4.79 Å². The predicted octanol–water partition coefficient (Wildman–Crippen LogP) is 2.07. The summed E-state index contributed by atoms with van der Waals surface area (Å²) in [4.78, 5) is 18.7. The first-order valence-electron chi connectivity index (χ1n) is 4.88. The van der Waals surface area contributed by atoms with Crippen molar-refractivity contribution in [3.63, 3.8) is 0 Å². The van der Waals surface area contributed by atoms with E-state index < -0.39 is 0 Å². The highest BCUT2D eigenvalue weighted by molar-refractivity contribution is 6.34. The van der Waals surface area contributed by atoms with Gasteiger partial charge in [-0.3, -0.25) is 9.48 Å². The van der Waals surface area contributed by atoms with Gasteiger partial charge < -0.3 is 4.98 Å². The Bertz CT molecular complexity index is 501. The minimum Gasteiger partial charge on any atom is -0.342 e. The fourth-order valence-electron chi connectivity index (χ4n) is 1.45. The standard InChI is InChI=1S/C10H11ClN4O/c1-6(2)15-8(7(11)5-14-15)9(16)10-12-3-4-13-10/h3-6H,1-2H3,(H,12,13). The number of hydrogen-bond acceptors (Lipinski definition) is 3. The van der Waals surface area contributed by atoms with Crippen molar-refractivity contribution in [2.75, 3.05) is 0 Å². The van der Waals surface area contributed by atoms with E-state index in [1.165, 1.54) is 12.4 Å². The van der Waals surface area contributed by atoms with E-state index in [1.807, 2.05) is 13.8 Å². The summed E-state index contributed by atoms with van der Waals surface area (Å²) in [5.74, 6) is 0.0190. The van der Waals surface area contributed by atoms with Crippen LogP contribution in [-0.2, 0) is 0 Å². The number of H-pyrrole nitrogens is 1. The lowest BCUT2D eigenvalue weighted by Gasteiger charge is -2.09. The molecule has 2 aromatic rings. The molecule has 2 aromatic heterocycles. The van der Waals surface area contributed by atoms with Gasteiger partial charge in [0, 0.05) is 18.4 Å². The molecule has 0 aliphatic carbocycles. The van der Waals surface area contributed by atoms with Crippen molar-refractivity contribution in [3.05, 3.63) is 35.1 Å². The normalized spacial score (nSPS) is 11.0. The van der Waals surface area contributed by atoms with E-state index in [9.17, 15) is 4.79 Å². The predicted molar refractivity (Wildman–Crippen MR) is 59.6 cm³/mol. The van der Waals surface area contributed by atoms with Crippen LogP contribution in [0, 0.1) is 0 Å². The van der Waals surface area contributed by atoms with Crippen LogP contribution < -0.4 is 0 Å². The Kier molecular flexibility index (Phi) is 2.78. The molecule has 0 saturated carbocycles. The van der Waals surface area contributed by atoms with Gasteiger partial charge in [0.05, 0.1) is 11.2 Å². The second kappa shape index (κ2) is 4.09. The van der Waals surface area contributed by atoms with Gasteiger partial charge in [-0.1, -0.05) is 11.6 Å². The first-order valence-corrected chi connectivity index (χ1v) is 5.26. The Hall–Kier alpha value is -1.62. The minimum atomic E-state index is -0.249. The summed E-state index contributed by atoms with van der Waals surface area (Å²) in [5, 5.41) is 4.41. The third-order valence-corrected chi connectivity index (χ3v) is 2.44. The highest BCUT2D eigenvalue weighted by atomic mass is 35.5. The molecule has 0 bridgehead atoms. The third kappa shape index (κ3) is 1.74. The third-order valence-electron chi connectivity index (χ3n) is 2.17. The van der Waals surface area contributed by atoms with Gasteiger partial charge in [-0.05, 0) is 13.8 Å². The molecule has 0 amide bonds. The number of carbonyl (C=O) groups is 1. The average Bonchev–Trinajstić information content (AvgIpc) is 2.84. The van der Waals surface area contributed by atoms with Crippen LogP contribution in [0.15, 0.2) is 18.6 Å². The number of rotatable bonds is 3. The van der Waals surface area contributed by atoms with Crippen LogP contribution >= 0.6 is 11.6 Å². The van der Waals surface area contributed by atoms with Gasteiger partial charge in [-0.15, -0.1) is 0 Å². The summed E-state index contributed by atoms with van der Waals surface area (Å²) in [5.41, 5.74) is 0.367. The fraction of sp³-hybridized carbons (Fsp3) is 0.300. The smallest absolute Gasteiger partial charge is 0.247 e. The first kappa shape index (κ1) is 10.9. The van der Waals surface area contributed by atoms with Crippen molar-refractivity contribution in [2.24, 2.45) is 0 Å². The number of hydrogen-bond donors (Lipinski definition) is 1. The van der Waals surface area contributed by atoms with Crippen molar-refractivity contribution in [3.8, 4) is 0 Å². The zero-order valence-electron chi connectivity index (χ0n) is 8.94. The van der Waals surface area contributed by atoms with E-state index in [2.05, 4.69) is 15.1 Å². The summed E-state index contributed by atoms with van der Waals surface area (Å²) >= 11 is 5.95. The molecule has 1 N–H and O–H groups in total. The highest BCUT2D eigenvalue weighted by Gasteiger charge is 2.22. The van der Waals surface area contributed by atoms with Crippen molar-refractivity contribution >= 4 is 17.4 Å². The number of aromatic amines is 1. The SMILES string of the molecule is CC(C)n1ncc(Cl)c1C(=O)c1ncc[nH]1. The largest absolute Gasteiger partial charge is 0.342 e.